The first-order valence-electron chi connectivity index (χ1n) is 9.25. The van der Waals surface area contributed by atoms with Crippen molar-refractivity contribution in [2.24, 2.45) is 28.6 Å². The molecule has 23 heavy (non-hydrogen) atoms. The smallest absolute Gasteiger partial charge is 0.306 e. The van der Waals surface area contributed by atoms with Gasteiger partial charge in [0.2, 0.25) is 0 Å². The second-order valence-electron chi connectivity index (χ2n) is 9.31. The van der Waals surface area contributed by atoms with Crippen molar-refractivity contribution in [3.63, 3.8) is 0 Å². The van der Waals surface area contributed by atoms with E-state index in [0.717, 1.165) is 38.5 Å². The van der Waals surface area contributed by atoms with Crippen molar-refractivity contribution in [3.8, 4) is 0 Å². The van der Waals surface area contributed by atoms with Gasteiger partial charge in [-0.2, -0.15) is 0 Å². The monoisotopic (exact) mass is 384 g/mol. The van der Waals surface area contributed by atoms with Crippen LogP contribution in [0.5, 0.6) is 0 Å². The van der Waals surface area contributed by atoms with Crippen LogP contribution in [0.4, 0.5) is 0 Å². The summed E-state index contributed by atoms with van der Waals surface area (Å²) in [5.74, 6) is 1.85. The van der Waals surface area contributed by atoms with Gasteiger partial charge >= 0.3 is 5.97 Å². The second-order valence-corrected chi connectivity index (χ2v) is 10.5. The van der Waals surface area contributed by atoms with Crippen LogP contribution in [-0.4, -0.2) is 27.6 Å². The molecular formula is C19H29BrO3. The maximum Gasteiger partial charge on any atom is 0.306 e. The maximum absolute atomic E-state index is 11.8. The van der Waals surface area contributed by atoms with Gasteiger partial charge in [0.1, 0.15) is 6.10 Å². The van der Waals surface area contributed by atoms with Crippen LogP contribution in [0.1, 0.15) is 65.7 Å². The minimum atomic E-state index is -0.527. The van der Waals surface area contributed by atoms with Gasteiger partial charge in [-0.3, -0.25) is 4.79 Å². The average molecular weight is 385 g/mol. The van der Waals surface area contributed by atoms with E-state index in [0.29, 0.717) is 24.2 Å². The zero-order valence-electron chi connectivity index (χ0n) is 14.5. The van der Waals surface area contributed by atoms with Crippen LogP contribution in [0.25, 0.3) is 0 Å². The van der Waals surface area contributed by atoms with E-state index in [4.69, 9.17) is 4.74 Å². The van der Waals surface area contributed by atoms with E-state index in [2.05, 4.69) is 36.7 Å². The first-order chi connectivity index (χ1) is 10.7. The summed E-state index contributed by atoms with van der Waals surface area (Å²) in [5.41, 5.74) is -0.378. The number of ether oxygens (including phenoxy) is 1. The SMILES string of the molecule is C[C@]12CCC(=O)O[C@@H]1[C@H](Br)C[C@@H]1[C@@H]2CC[C@@]2(C)[C@H]1CC[C@]2(C)O. The van der Waals surface area contributed by atoms with Crippen molar-refractivity contribution in [2.75, 3.05) is 0 Å². The van der Waals surface area contributed by atoms with E-state index in [-0.39, 0.29) is 27.7 Å². The summed E-state index contributed by atoms with van der Waals surface area (Å²) in [5, 5.41) is 11.0. The molecule has 0 unspecified atom stereocenters. The number of hydrogen-bond donors (Lipinski definition) is 1. The highest BCUT2D eigenvalue weighted by Gasteiger charge is 2.65. The van der Waals surface area contributed by atoms with Gasteiger partial charge in [-0.1, -0.05) is 29.8 Å². The highest BCUT2D eigenvalue weighted by atomic mass is 79.9. The lowest BCUT2D eigenvalue weighted by Crippen LogP contribution is -2.61. The van der Waals surface area contributed by atoms with E-state index in [1.807, 2.05) is 0 Å². The Morgan fingerprint density at radius 1 is 1.13 bits per heavy atom. The molecule has 4 heteroatoms. The molecule has 0 spiro atoms. The summed E-state index contributed by atoms with van der Waals surface area (Å²) in [6.45, 7) is 6.72. The molecule has 3 aliphatic carbocycles. The van der Waals surface area contributed by atoms with Gasteiger partial charge in [0, 0.05) is 11.8 Å². The number of rotatable bonds is 0. The van der Waals surface area contributed by atoms with Crippen LogP contribution in [0.2, 0.25) is 0 Å². The van der Waals surface area contributed by atoms with Gasteiger partial charge in [-0.15, -0.1) is 0 Å². The summed E-state index contributed by atoms with van der Waals surface area (Å²) in [7, 11) is 0. The second kappa shape index (κ2) is 4.97. The van der Waals surface area contributed by atoms with Crippen LogP contribution in [0.3, 0.4) is 0 Å². The predicted octanol–water partition coefficient (Wildman–Crippen LogP) is 4.06. The fraction of sp³-hybridized carbons (Fsp3) is 0.947. The fourth-order valence-electron chi connectivity index (χ4n) is 6.79. The van der Waals surface area contributed by atoms with E-state index < -0.39 is 5.60 Å². The molecule has 0 aromatic rings. The third-order valence-electron chi connectivity index (χ3n) is 8.45. The molecule has 4 fully saturated rings. The van der Waals surface area contributed by atoms with Crippen LogP contribution in [-0.2, 0) is 9.53 Å². The number of halogens is 1. The number of fused-ring (bicyclic) bond motifs is 5. The standard InChI is InChI=1S/C19H29BrO3/c1-17-7-6-15(21)23-16(17)14(20)10-11-12(17)4-8-18(2)13(11)5-9-19(18,3)22/h11-14,16,22H,4-10H2,1-3H3/t11-,12+,13+,14-,16-,17-,18+,19+/m1/s1. The number of aliphatic hydroxyl groups is 1. The van der Waals surface area contributed by atoms with Crippen molar-refractivity contribution in [3.05, 3.63) is 0 Å². The minimum absolute atomic E-state index is 0.0243. The molecule has 4 aliphatic rings. The molecule has 8 atom stereocenters. The lowest BCUT2D eigenvalue weighted by atomic mass is 9.47. The van der Waals surface area contributed by atoms with Crippen molar-refractivity contribution < 1.29 is 14.6 Å². The van der Waals surface area contributed by atoms with Crippen molar-refractivity contribution in [2.45, 2.75) is 82.2 Å². The van der Waals surface area contributed by atoms with Gasteiger partial charge in [-0.25, -0.2) is 0 Å². The number of esters is 1. The Hall–Kier alpha value is -0.0900. The summed E-state index contributed by atoms with van der Waals surface area (Å²) in [6, 6.07) is 0. The molecular weight excluding hydrogens is 356 g/mol. The molecule has 0 radical (unpaired) electrons. The fourth-order valence-corrected chi connectivity index (χ4v) is 7.94. The van der Waals surface area contributed by atoms with Crippen LogP contribution in [0.15, 0.2) is 0 Å². The number of carbonyl (C=O) groups excluding carboxylic acids is 1. The summed E-state index contributed by atoms with van der Waals surface area (Å²) in [6.07, 6.45) is 6.97. The third-order valence-corrected chi connectivity index (χ3v) is 9.30. The summed E-state index contributed by atoms with van der Waals surface area (Å²) in [4.78, 5) is 12.1. The van der Waals surface area contributed by atoms with Crippen molar-refractivity contribution in [1.82, 2.24) is 0 Å². The first kappa shape index (κ1) is 16.4. The number of alkyl halides is 1. The third kappa shape index (κ3) is 2.06. The van der Waals surface area contributed by atoms with Gasteiger partial charge in [0.15, 0.2) is 0 Å². The largest absolute Gasteiger partial charge is 0.461 e. The minimum Gasteiger partial charge on any atom is -0.461 e. The van der Waals surface area contributed by atoms with Gasteiger partial charge < -0.3 is 9.84 Å². The summed E-state index contributed by atoms with van der Waals surface area (Å²) < 4.78 is 5.80. The number of hydrogen-bond acceptors (Lipinski definition) is 3. The van der Waals surface area contributed by atoms with E-state index in [1.54, 1.807) is 0 Å². The molecule has 0 bridgehead atoms. The molecule has 0 aromatic carbocycles. The Morgan fingerprint density at radius 3 is 2.57 bits per heavy atom. The Labute approximate surface area is 147 Å². The predicted molar refractivity (Wildman–Crippen MR) is 92.2 cm³/mol. The lowest BCUT2D eigenvalue weighted by Gasteiger charge is -2.61. The molecule has 0 amide bonds. The van der Waals surface area contributed by atoms with Gasteiger partial charge in [0.25, 0.3) is 0 Å². The zero-order valence-corrected chi connectivity index (χ0v) is 16.1. The normalized spacial score (nSPS) is 58.8. The van der Waals surface area contributed by atoms with Crippen LogP contribution < -0.4 is 0 Å². The molecule has 1 heterocycles. The summed E-state index contributed by atoms with van der Waals surface area (Å²) >= 11 is 3.86. The highest BCUT2D eigenvalue weighted by molar-refractivity contribution is 9.09. The molecule has 1 N–H and O–H groups in total. The van der Waals surface area contributed by atoms with Crippen LogP contribution in [0, 0.1) is 28.6 Å². The van der Waals surface area contributed by atoms with Crippen molar-refractivity contribution >= 4 is 21.9 Å². The Kier molecular flexibility index (Phi) is 3.54. The molecule has 1 saturated heterocycles. The lowest BCUT2D eigenvalue weighted by molar-refractivity contribution is -0.194. The van der Waals surface area contributed by atoms with Crippen LogP contribution >= 0.6 is 15.9 Å². The Balaban J connectivity index is 1.69. The Morgan fingerprint density at radius 2 is 1.83 bits per heavy atom. The maximum atomic E-state index is 11.8. The van der Waals surface area contributed by atoms with Crippen molar-refractivity contribution in [1.29, 1.82) is 0 Å². The van der Waals surface area contributed by atoms with Gasteiger partial charge in [-0.05, 0) is 68.6 Å². The van der Waals surface area contributed by atoms with E-state index in [9.17, 15) is 9.90 Å². The van der Waals surface area contributed by atoms with Gasteiger partial charge in [0.05, 0.1) is 10.4 Å². The number of carbonyl (C=O) groups is 1. The Bertz CT molecular complexity index is 533. The molecule has 3 nitrogen and oxygen atoms in total. The molecule has 1 aliphatic heterocycles. The quantitative estimate of drug-likeness (QED) is 0.505. The molecule has 4 rings (SSSR count). The molecule has 0 aromatic heterocycles. The van der Waals surface area contributed by atoms with E-state index in [1.165, 1.54) is 0 Å². The topological polar surface area (TPSA) is 46.5 Å². The first-order valence-corrected chi connectivity index (χ1v) is 10.2. The zero-order chi connectivity index (χ0) is 16.6. The molecule has 130 valence electrons. The average Bonchev–Trinajstić information content (AvgIpc) is 2.72. The van der Waals surface area contributed by atoms with E-state index >= 15 is 0 Å². The highest BCUT2D eigenvalue weighted by Crippen LogP contribution is 2.67. The molecule has 3 saturated carbocycles.